The number of benzene rings is 1. The highest BCUT2D eigenvalue weighted by Gasteiger charge is 2.12. The molecule has 0 amide bonds. The van der Waals surface area contributed by atoms with Gasteiger partial charge in [0, 0.05) is 11.3 Å². The molecule has 0 atom stereocenters. The van der Waals surface area contributed by atoms with Crippen molar-refractivity contribution in [1.29, 1.82) is 0 Å². The Balaban J connectivity index is 1.62. The van der Waals surface area contributed by atoms with E-state index in [1.165, 1.54) is 11.0 Å². The Morgan fingerprint density at radius 1 is 1.15 bits per heavy atom. The van der Waals surface area contributed by atoms with Crippen LogP contribution in [0.5, 0.6) is 0 Å². The average Bonchev–Trinajstić information content (AvgIpc) is 3.35. The summed E-state index contributed by atoms with van der Waals surface area (Å²) in [5.74, 6) is 1.64. The van der Waals surface area contributed by atoms with Crippen LogP contribution in [0, 0.1) is 13.8 Å². The summed E-state index contributed by atoms with van der Waals surface area (Å²) >= 11 is 12.3. The van der Waals surface area contributed by atoms with Crippen LogP contribution in [0.15, 0.2) is 52.2 Å². The van der Waals surface area contributed by atoms with Gasteiger partial charge in [0.25, 0.3) is 5.95 Å². The van der Waals surface area contributed by atoms with E-state index in [4.69, 9.17) is 27.6 Å². The SMILES string of the molecule is Cc1cc(C)n(-c2nncn2/N=C\c2ccc(-c3cccc(Cl)c3Cl)o2)n1. The van der Waals surface area contributed by atoms with Gasteiger partial charge in [0.15, 0.2) is 0 Å². The molecule has 0 aliphatic carbocycles. The number of nitrogens with zero attached hydrogens (tertiary/aromatic N) is 6. The third-order valence-electron chi connectivity index (χ3n) is 3.87. The molecule has 0 bridgehead atoms. The number of hydrogen-bond donors (Lipinski definition) is 0. The van der Waals surface area contributed by atoms with Gasteiger partial charge in [-0.15, -0.1) is 10.2 Å². The molecule has 27 heavy (non-hydrogen) atoms. The van der Waals surface area contributed by atoms with Crippen LogP contribution < -0.4 is 0 Å². The number of hydrogen-bond acceptors (Lipinski definition) is 5. The lowest BCUT2D eigenvalue weighted by molar-refractivity contribution is 0.574. The summed E-state index contributed by atoms with van der Waals surface area (Å²) in [5, 5.41) is 17.7. The average molecular weight is 401 g/mol. The van der Waals surface area contributed by atoms with Gasteiger partial charge < -0.3 is 4.42 Å². The zero-order valence-corrected chi connectivity index (χ0v) is 16.0. The lowest BCUT2D eigenvalue weighted by atomic mass is 10.2. The smallest absolute Gasteiger partial charge is 0.273 e. The molecule has 0 saturated heterocycles. The first-order chi connectivity index (χ1) is 13.0. The molecular weight excluding hydrogens is 387 g/mol. The van der Waals surface area contributed by atoms with Gasteiger partial charge in [0.2, 0.25) is 0 Å². The minimum absolute atomic E-state index is 0.447. The molecule has 7 nitrogen and oxygen atoms in total. The molecule has 0 fully saturated rings. The fourth-order valence-electron chi connectivity index (χ4n) is 2.66. The van der Waals surface area contributed by atoms with Gasteiger partial charge in [0.05, 0.1) is 22.0 Å². The van der Waals surface area contributed by atoms with E-state index < -0.39 is 0 Å². The Bertz CT molecular complexity index is 1140. The highest BCUT2D eigenvalue weighted by atomic mass is 35.5. The largest absolute Gasteiger partial charge is 0.455 e. The first kappa shape index (κ1) is 17.5. The van der Waals surface area contributed by atoms with Crippen LogP contribution in [-0.4, -0.2) is 30.9 Å². The summed E-state index contributed by atoms with van der Waals surface area (Å²) in [5.41, 5.74) is 2.55. The lowest BCUT2D eigenvalue weighted by Crippen LogP contribution is -2.06. The molecule has 0 unspecified atom stereocenters. The minimum atomic E-state index is 0.447. The van der Waals surface area contributed by atoms with E-state index in [0.717, 1.165) is 17.0 Å². The molecule has 3 aromatic heterocycles. The number of halogens is 2. The summed E-state index contributed by atoms with van der Waals surface area (Å²) in [7, 11) is 0. The van der Waals surface area contributed by atoms with Gasteiger partial charge in [-0.25, -0.2) is 4.68 Å². The van der Waals surface area contributed by atoms with Crippen molar-refractivity contribution in [2.45, 2.75) is 13.8 Å². The summed E-state index contributed by atoms with van der Waals surface area (Å²) in [6.07, 6.45) is 3.07. The van der Waals surface area contributed by atoms with Crippen LogP contribution in [0.2, 0.25) is 10.0 Å². The van der Waals surface area contributed by atoms with Crippen molar-refractivity contribution >= 4 is 29.4 Å². The Morgan fingerprint density at radius 3 is 2.78 bits per heavy atom. The molecule has 9 heteroatoms. The highest BCUT2D eigenvalue weighted by Crippen LogP contribution is 2.34. The molecular formula is C18H14Cl2N6O. The Hall–Kier alpha value is -2.90. The lowest BCUT2D eigenvalue weighted by Gasteiger charge is -2.02. The van der Waals surface area contributed by atoms with E-state index in [1.807, 2.05) is 38.1 Å². The summed E-state index contributed by atoms with van der Waals surface area (Å²) < 4.78 is 9.01. The van der Waals surface area contributed by atoms with Crippen molar-refractivity contribution in [3.63, 3.8) is 0 Å². The number of aromatic nitrogens is 5. The number of aryl methyl sites for hydroxylation is 2. The molecule has 0 saturated carbocycles. The third kappa shape index (κ3) is 3.39. The topological polar surface area (TPSA) is 74.0 Å². The Labute approximate surface area is 164 Å². The van der Waals surface area contributed by atoms with Crippen molar-refractivity contribution in [3.8, 4) is 17.3 Å². The zero-order chi connectivity index (χ0) is 19.0. The molecule has 0 spiro atoms. The highest BCUT2D eigenvalue weighted by molar-refractivity contribution is 6.43. The number of rotatable bonds is 4. The van der Waals surface area contributed by atoms with Gasteiger partial charge in [-0.1, -0.05) is 29.3 Å². The number of furan rings is 1. The molecule has 0 aliphatic heterocycles. The predicted molar refractivity (Wildman–Crippen MR) is 104 cm³/mol. The zero-order valence-electron chi connectivity index (χ0n) is 14.5. The van der Waals surface area contributed by atoms with Crippen LogP contribution in [0.25, 0.3) is 17.3 Å². The van der Waals surface area contributed by atoms with Crippen LogP contribution >= 0.6 is 23.2 Å². The summed E-state index contributed by atoms with van der Waals surface area (Å²) in [4.78, 5) is 0. The molecule has 0 N–H and O–H groups in total. The van der Waals surface area contributed by atoms with Crippen molar-refractivity contribution in [1.82, 2.24) is 24.7 Å². The van der Waals surface area contributed by atoms with Crippen LogP contribution in [0.1, 0.15) is 17.1 Å². The van der Waals surface area contributed by atoms with Gasteiger partial charge in [-0.05, 0) is 44.2 Å². The molecule has 0 radical (unpaired) electrons. The van der Waals surface area contributed by atoms with E-state index in [0.29, 0.717) is 27.5 Å². The van der Waals surface area contributed by atoms with Crippen molar-refractivity contribution in [3.05, 3.63) is 69.9 Å². The van der Waals surface area contributed by atoms with Crippen LogP contribution in [0.3, 0.4) is 0 Å². The molecule has 136 valence electrons. The first-order valence-electron chi connectivity index (χ1n) is 8.05. The summed E-state index contributed by atoms with van der Waals surface area (Å²) in [6, 6.07) is 10.9. The molecule has 0 aliphatic rings. The van der Waals surface area contributed by atoms with E-state index >= 15 is 0 Å². The van der Waals surface area contributed by atoms with E-state index in [2.05, 4.69) is 20.4 Å². The van der Waals surface area contributed by atoms with E-state index in [-0.39, 0.29) is 0 Å². The van der Waals surface area contributed by atoms with E-state index in [1.54, 1.807) is 23.0 Å². The van der Waals surface area contributed by atoms with Gasteiger partial charge in [0.1, 0.15) is 17.8 Å². The maximum atomic E-state index is 6.24. The molecule has 3 heterocycles. The standard InChI is InChI=1S/C18H14Cl2N6O/c1-11-8-12(2)26(24-11)18-23-21-10-25(18)22-9-13-6-7-16(27-13)14-4-3-5-15(19)17(14)20/h3-10H,1-2H3/b22-9-. The Kier molecular flexibility index (Phi) is 4.55. The summed E-state index contributed by atoms with van der Waals surface area (Å²) in [6.45, 7) is 3.86. The van der Waals surface area contributed by atoms with Gasteiger partial charge in [-0.3, -0.25) is 0 Å². The predicted octanol–water partition coefficient (Wildman–Crippen LogP) is 4.53. The third-order valence-corrected chi connectivity index (χ3v) is 4.68. The second kappa shape index (κ2) is 7.02. The van der Waals surface area contributed by atoms with E-state index in [9.17, 15) is 0 Å². The normalized spacial score (nSPS) is 11.6. The fraction of sp³-hybridized carbons (Fsp3) is 0.111. The maximum Gasteiger partial charge on any atom is 0.273 e. The van der Waals surface area contributed by atoms with Crippen molar-refractivity contribution in [2.24, 2.45) is 5.10 Å². The molecule has 1 aromatic carbocycles. The molecule has 4 rings (SSSR count). The van der Waals surface area contributed by atoms with Crippen molar-refractivity contribution < 1.29 is 4.42 Å². The second-order valence-electron chi connectivity index (χ2n) is 5.86. The fourth-order valence-corrected chi connectivity index (χ4v) is 3.05. The minimum Gasteiger partial charge on any atom is -0.455 e. The van der Waals surface area contributed by atoms with Gasteiger partial charge in [-0.2, -0.15) is 14.9 Å². The van der Waals surface area contributed by atoms with Crippen LogP contribution in [0.4, 0.5) is 0 Å². The molecule has 4 aromatic rings. The second-order valence-corrected chi connectivity index (χ2v) is 6.65. The van der Waals surface area contributed by atoms with Crippen LogP contribution in [-0.2, 0) is 0 Å². The Morgan fingerprint density at radius 2 is 2.00 bits per heavy atom. The van der Waals surface area contributed by atoms with Crippen molar-refractivity contribution in [2.75, 3.05) is 0 Å². The first-order valence-corrected chi connectivity index (χ1v) is 8.81. The maximum absolute atomic E-state index is 6.24. The monoisotopic (exact) mass is 400 g/mol. The quantitative estimate of drug-likeness (QED) is 0.471. The van der Waals surface area contributed by atoms with Gasteiger partial charge >= 0.3 is 0 Å².